The van der Waals surface area contributed by atoms with E-state index >= 15 is 0 Å². The van der Waals surface area contributed by atoms with Crippen molar-refractivity contribution in [1.82, 2.24) is 4.57 Å². The van der Waals surface area contributed by atoms with Gasteiger partial charge in [0.15, 0.2) is 6.29 Å². The van der Waals surface area contributed by atoms with E-state index in [1.807, 2.05) is 0 Å². The van der Waals surface area contributed by atoms with Gasteiger partial charge in [-0.25, -0.2) is 9.59 Å². The average molecular weight is 304 g/mol. The van der Waals surface area contributed by atoms with Gasteiger partial charge in [-0.15, -0.1) is 0 Å². The number of aldehydes is 1. The summed E-state index contributed by atoms with van der Waals surface area (Å²) in [7, 11) is 0. The van der Waals surface area contributed by atoms with Gasteiger partial charge >= 0.3 is 12.2 Å². The Bertz CT molecular complexity index is 755. The summed E-state index contributed by atoms with van der Waals surface area (Å²) in [5.74, 6) is 0. The molecule has 2 N–H and O–H groups in total. The second kappa shape index (κ2) is 5.51. The predicted molar refractivity (Wildman–Crippen MR) is 80.6 cm³/mol. The number of carboxylic acid groups (broad SMARTS) is 1. The van der Waals surface area contributed by atoms with Crippen LogP contribution in [0.2, 0.25) is 0 Å². The van der Waals surface area contributed by atoms with Gasteiger partial charge in [0.25, 0.3) is 0 Å². The fourth-order valence-electron chi connectivity index (χ4n) is 2.00. The highest BCUT2D eigenvalue weighted by Gasteiger charge is 2.17. The monoisotopic (exact) mass is 304 g/mol. The van der Waals surface area contributed by atoms with Crippen molar-refractivity contribution in [3.05, 3.63) is 30.0 Å². The molecule has 0 aliphatic rings. The molecule has 0 aliphatic heterocycles. The second-order valence-corrected chi connectivity index (χ2v) is 5.71. The summed E-state index contributed by atoms with van der Waals surface area (Å²) in [6.45, 7) is 5.21. The van der Waals surface area contributed by atoms with Gasteiger partial charge in [0, 0.05) is 22.8 Å². The van der Waals surface area contributed by atoms with Crippen LogP contribution in [0.15, 0.2) is 24.4 Å². The number of nitrogens with zero attached hydrogens (tertiary/aromatic N) is 1. The molecule has 2 aromatic rings. The van der Waals surface area contributed by atoms with Crippen molar-refractivity contribution < 1.29 is 24.2 Å². The Morgan fingerprint density at radius 2 is 2.00 bits per heavy atom. The topological polar surface area (TPSA) is 97.6 Å². The number of amides is 1. The van der Waals surface area contributed by atoms with E-state index in [9.17, 15) is 14.4 Å². The number of aromatic nitrogens is 1. The fraction of sp³-hybridized carbons (Fsp3) is 0.267. The van der Waals surface area contributed by atoms with Gasteiger partial charge in [-0.05, 0) is 32.9 Å². The quantitative estimate of drug-likeness (QED) is 0.829. The highest BCUT2D eigenvalue weighted by Crippen LogP contribution is 2.24. The smallest absolute Gasteiger partial charge is 0.416 e. The number of carbonyl (C=O) groups is 3. The minimum Gasteiger partial charge on any atom is -0.464 e. The standard InChI is InChI=1S/C15H16N2O5/c1-15(2,3)22-13(19)16-10-4-5-11-9(8-18)7-17(14(20)21)12(11)6-10/h4-8H,1-3H3,(H,16,19)(H,20,21). The molecule has 2 rings (SSSR count). The largest absolute Gasteiger partial charge is 0.464 e. The highest BCUT2D eigenvalue weighted by atomic mass is 16.6. The first kappa shape index (κ1) is 15.6. The number of anilines is 1. The molecule has 7 heteroatoms. The summed E-state index contributed by atoms with van der Waals surface area (Å²) in [6, 6.07) is 4.62. The van der Waals surface area contributed by atoms with Crippen molar-refractivity contribution >= 4 is 35.1 Å². The van der Waals surface area contributed by atoms with Crippen LogP contribution in [-0.4, -0.2) is 33.7 Å². The minimum atomic E-state index is -1.22. The molecule has 22 heavy (non-hydrogen) atoms. The van der Waals surface area contributed by atoms with Crippen LogP contribution in [-0.2, 0) is 4.74 Å². The van der Waals surface area contributed by atoms with E-state index in [0.717, 1.165) is 4.57 Å². The number of ether oxygens (including phenoxy) is 1. The molecular formula is C15H16N2O5. The third-order valence-electron chi connectivity index (χ3n) is 2.81. The van der Waals surface area contributed by atoms with Gasteiger partial charge in [-0.1, -0.05) is 6.07 Å². The number of fused-ring (bicyclic) bond motifs is 1. The van der Waals surface area contributed by atoms with Crippen LogP contribution in [0.25, 0.3) is 10.9 Å². The SMILES string of the molecule is CC(C)(C)OC(=O)Nc1ccc2c(C=O)cn(C(=O)O)c2c1. The second-order valence-electron chi connectivity index (χ2n) is 5.71. The fourth-order valence-corrected chi connectivity index (χ4v) is 2.00. The Balaban J connectivity index is 2.38. The molecular weight excluding hydrogens is 288 g/mol. The molecule has 0 unspecified atom stereocenters. The minimum absolute atomic E-state index is 0.265. The van der Waals surface area contributed by atoms with E-state index in [-0.39, 0.29) is 5.56 Å². The van der Waals surface area contributed by atoms with Gasteiger partial charge in [0.2, 0.25) is 0 Å². The Labute approximate surface area is 126 Å². The maximum Gasteiger partial charge on any atom is 0.416 e. The Kier molecular flexibility index (Phi) is 3.90. The van der Waals surface area contributed by atoms with Crippen LogP contribution in [0, 0.1) is 0 Å². The van der Waals surface area contributed by atoms with Crippen LogP contribution >= 0.6 is 0 Å². The van der Waals surface area contributed by atoms with Gasteiger partial charge < -0.3 is 9.84 Å². The van der Waals surface area contributed by atoms with E-state index in [4.69, 9.17) is 9.84 Å². The van der Waals surface area contributed by atoms with Crippen LogP contribution in [0.3, 0.4) is 0 Å². The molecule has 0 radical (unpaired) electrons. The van der Waals surface area contributed by atoms with Gasteiger partial charge in [0.1, 0.15) is 5.60 Å². The first-order valence-electron chi connectivity index (χ1n) is 6.55. The van der Waals surface area contributed by atoms with Crippen LogP contribution < -0.4 is 5.32 Å². The Morgan fingerprint density at radius 3 is 2.55 bits per heavy atom. The van der Waals surface area contributed by atoms with Gasteiger partial charge in [0.05, 0.1) is 5.52 Å². The zero-order valence-corrected chi connectivity index (χ0v) is 12.4. The zero-order chi connectivity index (χ0) is 16.5. The van der Waals surface area contributed by atoms with Crippen molar-refractivity contribution in [1.29, 1.82) is 0 Å². The van der Waals surface area contributed by atoms with Crippen molar-refractivity contribution in [2.75, 3.05) is 5.32 Å². The van der Waals surface area contributed by atoms with E-state index < -0.39 is 17.8 Å². The molecule has 0 aliphatic carbocycles. The van der Waals surface area contributed by atoms with Crippen LogP contribution in [0.5, 0.6) is 0 Å². The lowest BCUT2D eigenvalue weighted by atomic mass is 10.2. The predicted octanol–water partition coefficient (Wildman–Crippen LogP) is 3.33. The maximum atomic E-state index is 11.7. The van der Waals surface area contributed by atoms with Crippen molar-refractivity contribution in [3.63, 3.8) is 0 Å². The third kappa shape index (κ3) is 3.25. The molecule has 0 spiro atoms. The summed E-state index contributed by atoms with van der Waals surface area (Å²) in [4.78, 5) is 33.9. The summed E-state index contributed by atoms with van der Waals surface area (Å²) in [5, 5.41) is 12.2. The van der Waals surface area contributed by atoms with Crippen LogP contribution in [0.1, 0.15) is 31.1 Å². The molecule has 0 saturated heterocycles. The first-order chi connectivity index (χ1) is 10.2. The molecule has 116 valence electrons. The molecule has 7 nitrogen and oxygen atoms in total. The molecule has 0 atom stereocenters. The average Bonchev–Trinajstić information content (AvgIpc) is 2.74. The van der Waals surface area contributed by atoms with E-state index in [2.05, 4.69) is 5.32 Å². The Morgan fingerprint density at radius 1 is 1.32 bits per heavy atom. The summed E-state index contributed by atoms with van der Waals surface area (Å²) in [5.41, 5.74) is 0.310. The number of hydrogen-bond donors (Lipinski definition) is 2. The number of rotatable bonds is 2. The maximum absolute atomic E-state index is 11.7. The Hall–Kier alpha value is -2.83. The number of nitrogens with one attached hydrogen (secondary N) is 1. The number of carbonyl (C=O) groups excluding carboxylic acids is 2. The normalized spacial score (nSPS) is 11.2. The lowest BCUT2D eigenvalue weighted by Gasteiger charge is -2.19. The summed E-state index contributed by atoms with van der Waals surface area (Å²) in [6.07, 6.45) is -0.0385. The van der Waals surface area contributed by atoms with Gasteiger partial charge in [-0.2, -0.15) is 0 Å². The highest BCUT2D eigenvalue weighted by molar-refractivity contribution is 6.03. The molecule has 1 aromatic heterocycles. The van der Waals surface area contributed by atoms with E-state index in [1.165, 1.54) is 12.3 Å². The molecule has 1 amide bonds. The molecule has 1 heterocycles. The molecule has 0 fully saturated rings. The number of hydrogen-bond acceptors (Lipinski definition) is 4. The van der Waals surface area contributed by atoms with Crippen molar-refractivity contribution in [3.8, 4) is 0 Å². The first-order valence-corrected chi connectivity index (χ1v) is 6.55. The summed E-state index contributed by atoms with van der Waals surface area (Å²) >= 11 is 0. The molecule has 1 aromatic carbocycles. The number of benzene rings is 1. The van der Waals surface area contributed by atoms with Gasteiger partial charge in [-0.3, -0.25) is 14.7 Å². The summed E-state index contributed by atoms with van der Waals surface area (Å²) < 4.78 is 6.06. The molecule has 0 bridgehead atoms. The lowest BCUT2D eigenvalue weighted by Crippen LogP contribution is -2.27. The van der Waals surface area contributed by atoms with Crippen molar-refractivity contribution in [2.24, 2.45) is 0 Å². The van der Waals surface area contributed by atoms with Crippen molar-refractivity contribution in [2.45, 2.75) is 26.4 Å². The zero-order valence-electron chi connectivity index (χ0n) is 12.4. The van der Waals surface area contributed by atoms with E-state index in [0.29, 0.717) is 22.9 Å². The lowest BCUT2D eigenvalue weighted by molar-refractivity contribution is 0.0635. The molecule has 0 saturated carbocycles. The van der Waals surface area contributed by atoms with Crippen LogP contribution in [0.4, 0.5) is 15.3 Å². The third-order valence-corrected chi connectivity index (χ3v) is 2.81. The van der Waals surface area contributed by atoms with E-state index in [1.54, 1.807) is 32.9 Å².